The molecule has 0 fully saturated rings. The number of carboxylic acids is 1. The summed E-state index contributed by atoms with van der Waals surface area (Å²) in [6.45, 7) is 0. The molecule has 2 aromatic heterocycles. The van der Waals surface area contributed by atoms with Crippen molar-refractivity contribution < 1.29 is 19.1 Å². The number of aromatic nitrogens is 2. The van der Waals surface area contributed by atoms with Gasteiger partial charge in [-0.15, -0.1) is 0 Å². The molecule has 1 aliphatic carbocycles. The molecule has 0 atom stereocenters. The highest BCUT2D eigenvalue weighted by Crippen LogP contribution is 2.23. The number of hydrogen-bond donors (Lipinski definition) is 1. The van der Waals surface area contributed by atoms with Crippen LogP contribution in [0.15, 0.2) is 29.2 Å². The van der Waals surface area contributed by atoms with Crippen molar-refractivity contribution in [2.24, 2.45) is 0 Å². The third kappa shape index (κ3) is 2.20. The Morgan fingerprint density at radius 2 is 2.05 bits per heavy atom. The van der Waals surface area contributed by atoms with Crippen LogP contribution in [0.2, 0.25) is 0 Å². The van der Waals surface area contributed by atoms with Crippen LogP contribution in [0.1, 0.15) is 39.3 Å². The number of ketones is 1. The molecule has 0 saturated heterocycles. The number of pyridine rings is 2. The first-order valence-corrected chi connectivity index (χ1v) is 6.66. The fraction of sp³-hybridized carbons (Fsp3) is 0.200. The number of hydrogen-bond acceptors (Lipinski definition) is 4. The van der Waals surface area contributed by atoms with Crippen molar-refractivity contribution in [1.82, 2.24) is 9.55 Å². The molecule has 0 unspecified atom stereocenters. The monoisotopic (exact) mass is 302 g/mol. The number of carbonyl (C=O) groups excluding carboxylic acids is 1. The van der Waals surface area contributed by atoms with E-state index in [-0.39, 0.29) is 17.2 Å². The zero-order valence-corrected chi connectivity index (χ0v) is 11.4. The smallest absolute Gasteiger partial charge is 0.341 e. The summed E-state index contributed by atoms with van der Waals surface area (Å²) < 4.78 is 14.1. The van der Waals surface area contributed by atoms with Crippen molar-refractivity contribution in [3.63, 3.8) is 0 Å². The molecule has 6 nitrogen and oxygen atoms in total. The SMILES string of the molecule is O=C1CCCc2c1cc(C(=O)O)c(=O)n2-c1ccc(F)cn1. The molecule has 1 N–H and O–H groups in total. The van der Waals surface area contributed by atoms with E-state index < -0.39 is 22.9 Å². The molecule has 7 heteroatoms. The van der Waals surface area contributed by atoms with E-state index in [1.165, 1.54) is 6.07 Å². The van der Waals surface area contributed by atoms with Gasteiger partial charge in [-0.1, -0.05) is 0 Å². The molecule has 0 radical (unpaired) electrons. The summed E-state index contributed by atoms with van der Waals surface area (Å²) in [5, 5.41) is 9.16. The van der Waals surface area contributed by atoms with Crippen molar-refractivity contribution in [3.8, 4) is 5.82 Å². The Bertz CT molecular complexity index is 840. The van der Waals surface area contributed by atoms with Gasteiger partial charge in [0.1, 0.15) is 17.2 Å². The van der Waals surface area contributed by atoms with Gasteiger partial charge in [-0.25, -0.2) is 14.2 Å². The second-order valence-corrected chi connectivity index (χ2v) is 4.98. The van der Waals surface area contributed by atoms with Gasteiger partial charge in [0.2, 0.25) is 0 Å². The highest BCUT2D eigenvalue weighted by atomic mass is 19.1. The molecule has 3 rings (SSSR count). The zero-order valence-electron chi connectivity index (χ0n) is 11.4. The lowest BCUT2D eigenvalue weighted by Crippen LogP contribution is -2.32. The van der Waals surface area contributed by atoms with E-state index in [0.717, 1.165) is 22.9 Å². The van der Waals surface area contributed by atoms with E-state index in [2.05, 4.69) is 4.98 Å². The van der Waals surface area contributed by atoms with E-state index in [1.807, 2.05) is 0 Å². The molecule has 0 spiro atoms. The van der Waals surface area contributed by atoms with Gasteiger partial charge in [-0.05, 0) is 31.0 Å². The van der Waals surface area contributed by atoms with Crippen LogP contribution >= 0.6 is 0 Å². The minimum Gasteiger partial charge on any atom is -0.477 e. The summed E-state index contributed by atoms with van der Waals surface area (Å²) in [4.78, 5) is 39.5. The summed E-state index contributed by atoms with van der Waals surface area (Å²) in [5.41, 5.74) is -0.639. The van der Waals surface area contributed by atoms with Crippen molar-refractivity contribution in [2.45, 2.75) is 19.3 Å². The molecule has 0 aliphatic heterocycles. The van der Waals surface area contributed by atoms with Crippen LogP contribution in [0.4, 0.5) is 4.39 Å². The Kier molecular flexibility index (Phi) is 3.32. The predicted octanol–water partition coefficient (Wildman–Crippen LogP) is 1.59. The van der Waals surface area contributed by atoms with Gasteiger partial charge in [-0.2, -0.15) is 0 Å². The Morgan fingerprint density at radius 3 is 2.68 bits per heavy atom. The van der Waals surface area contributed by atoms with E-state index in [1.54, 1.807) is 0 Å². The van der Waals surface area contributed by atoms with Crippen LogP contribution in [-0.4, -0.2) is 26.4 Å². The highest BCUT2D eigenvalue weighted by Gasteiger charge is 2.26. The van der Waals surface area contributed by atoms with Crippen molar-refractivity contribution in [3.05, 3.63) is 57.4 Å². The van der Waals surface area contributed by atoms with Gasteiger partial charge < -0.3 is 5.11 Å². The first kappa shape index (κ1) is 14.1. The fourth-order valence-corrected chi connectivity index (χ4v) is 2.59. The first-order chi connectivity index (χ1) is 10.5. The summed E-state index contributed by atoms with van der Waals surface area (Å²) in [6.07, 6.45) is 2.27. The van der Waals surface area contributed by atoms with Gasteiger partial charge in [-0.3, -0.25) is 14.2 Å². The third-order valence-electron chi connectivity index (χ3n) is 3.59. The molecule has 0 saturated carbocycles. The number of nitrogens with zero attached hydrogens (tertiary/aromatic N) is 2. The van der Waals surface area contributed by atoms with E-state index in [9.17, 15) is 18.8 Å². The molecule has 1 aliphatic rings. The van der Waals surface area contributed by atoms with E-state index in [4.69, 9.17) is 5.11 Å². The Morgan fingerprint density at radius 1 is 1.27 bits per heavy atom. The normalized spacial score (nSPS) is 13.8. The summed E-state index contributed by atoms with van der Waals surface area (Å²) in [5.74, 6) is -2.10. The molecular weight excluding hydrogens is 291 g/mol. The Hall–Kier alpha value is -2.83. The molecular formula is C15H11FN2O4. The molecule has 0 aromatic carbocycles. The van der Waals surface area contributed by atoms with Gasteiger partial charge in [0, 0.05) is 17.7 Å². The Balaban J connectivity index is 2.36. The maximum absolute atomic E-state index is 13.0. The lowest BCUT2D eigenvalue weighted by molar-refractivity contribution is 0.0694. The maximum Gasteiger partial charge on any atom is 0.341 e. The number of fused-ring (bicyclic) bond motifs is 1. The van der Waals surface area contributed by atoms with Gasteiger partial charge in [0.15, 0.2) is 5.78 Å². The lowest BCUT2D eigenvalue weighted by Gasteiger charge is -2.20. The first-order valence-electron chi connectivity index (χ1n) is 6.66. The lowest BCUT2D eigenvalue weighted by atomic mass is 9.93. The average molecular weight is 302 g/mol. The molecule has 22 heavy (non-hydrogen) atoms. The highest BCUT2D eigenvalue weighted by molar-refractivity contribution is 6.00. The molecule has 0 amide bonds. The topological polar surface area (TPSA) is 89.3 Å². The second-order valence-electron chi connectivity index (χ2n) is 4.98. The largest absolute Gasteiger partial charge is 0.477 e. The fourth-order valence-electron chi connectivity index (χ4n) is 2.59. The molecule has 2 aromatic rings. The average Bonchev–Trinajstić information content (AvgIpc) is 2.48. The van der Waals surface area contributed by atoms with Crippen molar-refractivity contribution in [2.75, 3.05) is 0 Å². The van der Waals surface area contributed by atoms with Gasteiger partial charge in [0.25, 0.3) is 5.56 Å². The van der Waals surface area contributed by atoms with Gasteiger partial charge >= 0.3 is 5.97 Å². The minimum atomic E-state index is -1.41. The van der Waals surface area contributed by atoms with Crippen molar-refractivity contribution in [1.29, 1.82) is 0 Å². The summed E-state index contributed by atoms with van der Waals surface area (Å²) in [6, 6.07) is 3.53. The molecule has 2 heterocycles. The minimum absolute atomic E-state index is 0.0976. The van der Waals surface area contributed by atoms with E-state index >= 15 is 0 Å². The van der Waals surface area contributed by atoms with Crippen LogP contribution < -0.4 is 5.56 Å². The number of rotatable bonds is 2. The maximum atomic E-state index is 13.0. The predicted molar refractivity (Wildman–Crippen MR) is 74.0 cm³/mol. The number of carboxylic acid groups (broad SMARTS) is 1. The van der Waals surface area contributed by atoms with Crippen LogP contribution in [0, 0.1) is 5.82 Å². The second kappa shape index (κ2) is 5.18. The van der Waals surface area contributed by atoms with Crippen molar-refractivity contribution >= 4 is 11.8 Å². The van der Waals surface area contributed by atoms with Crippen LogP contribution in [0.25, 0.3) is 5.82 Å². The molecule has 112 valence electrons. The number of halogens is 1. The Labute approximate surface area is 123 Å². The van der Waals surface area contributed by atoms with Crippen LogP contribution in [0.5, 0.6) is 0 Å². The van der Waals surface area contributed by atoms with Crippen LogP contribution in [-0.2, 0) is 6.42 Å². The molecule has 0 bridgehead atoms. The van der Waals surface area contributed by atoms with Crippen LogP contribution in [0.3, 0.4) is 0 Å². The standard InChI is InChI=1S/C15H11FN2O4/c16-8-4-5-13(17-7-8)18-11-2-1-3-12(19)9(11)6-10(14(18)20)15(21)22/h4-7H,1-3H2,(H,21,22). The number of carbonyl (C=O) groups is 2. The number of aromatic carboxylic acids is 1. The zero-order chi connectivity index (χ0) is 15.9. The summed E-state index contributed by atoms with van der Waals surface area (Å²) >= 11 is 0. The number of Topliss-reactive ketones (excluding diaryl/α,β-unsaturated/α-hetero) is 1. The third-order valence-corrected chi connectivity index (χ3v) is 3.59. The quantitative estimate of drug-likeness (QED) is 0.910. The van der Waals surface area contributed by atoms with E-state index in [0.29, 0.717) is 25.0 Å². The summed E-state index contributed by atoms with van der Waals surface area (Å²) in [7, 11) is 0. The van der Waals surface area contributed by atoms with Gasteiger partial charge in [0.05, 0.1) is 6.20 Å².